The lowest BCUT2D eigenvalue weighted by atomic mass is 9.45. The molecule has 1 heterocycles. The van der Waals surface area contributed by atoms with Crippen molar-refractivity contribution in [3.63, 3.8) is 0 Å². The molecule has 6 atom stereocenters. The molecule has 1 N–H and O–H groups in total. The lowest BCUT2D eigenvalue weighted by Crippen LogP contribution is -2.60. The van der Waals surface area contributed by atoms with Crippen LogP contribution < -0.4 is 5.32 Å². The molecule has 2 nitrogen and oxygen atoms in total. The van der Waals surface area contributed by atoms with Gasteiger partial charge in [-0.3, -0.25) is 4.90 Å². The van der Waals surface area contributed by atoms with E-state index in [0.717, 1.165) is 83.1 Å². The van der Waals surface area contributed by atoms with Gasteiger partial charge in [-0.2, -0.15) is 0 Å². The number of hydrogen-bond donors (Lipinski definition) is 1. The normalized spacial score (nSPS) is 45.6. The standard InChI is InChI=1S/C49H84N2/c1-4-14-35(15-5-1)36-24-26-37(27-25-36)38-28-30-39(31-29-38)48-43-20-10-12-22-45(43)49(46-23-13-11-21-44(46)48)40-32-33-47(50-34-40)51(41-16-6-2-7-17-41)42-18-8-3-9-19-42/h35-50H,1-34H2. The van der Waals surface area contributed by atoms with Gasteiger partial charge in [0.05, 0.1) is 6.17 Å². The molecule has 9 fully saturated rings. The fourth-order valence-corrected chi connectivity index (χ4v) is 17.0. The zero-order valence-corrected chi connectivity index (χ0v) is 33.6. The van der Waals surface area contributed by atoms with Crippen LogP contribution in [0.15, 0.2) is 0 Å². The molecular formula is C49H84N2. The summed E-state index contributed by atoms with van der Waals surface area (Å²) in [5.74, 6) is 13.0. The average Bonchev–Trinajstić information content (AvgIpc) is 3.22. The quantitative estimate of drug-likeness (QED) is 0.284. The first kappa shape index (κ1) is 36.6. The summed E-state index contributed by atoms with van der Waals surface area (Å²) in [7, 11) is 0. The Balaban J connectivity index is 0.845. The van der Waals surface area contributed by atoms with Gasteiger partial charge in [0.25, 0.3) is 0 Å². The first-order chi connectivity index (χ1) is 25.3. The Morgan fingerprint density at radius 2 is 0.608 bits per heavy atom. The van der Waals surface area contributed by atoms with Crippen molar-refractivity contribution in [2.75, 3.05) is 6.54 Å². The summed E-state index contributed by atoms with van der Waals surface area (Å²) in [6, 6.07) is 1.76. The third-order valence-corrected chi connectivity index (χ3v) is 19.2. The van der Waals surface area contributed by atoms with Crippen LogP contribution >= 0.6 is 0 Å². The molecule has 0 aromatic heterocycles. The summed E-state index contributed by atoms with van der Waals surface area (Å²) < 4.78 is 0. The van der Waals surface area contributed by atoms with E-state index >= 15 is 0 Å². The molecule has 51 heavy (non-hydrogen) atoms. The fourth-order valence-electron chi connectivity index (χ4n) is 17.0. The van der Waals surface area contributed by atoms with Crippen LogP contribution in [0.3, 0.4) is 0 Å². The Morgan fingerprint density at radius 1 is 0.275 bits per heavy atom. The van der Waals surface area contributed by atoms with Crippen molar-refractivity contribution in [2.45, 2.75) is 230 Å². The van der Waals surface area contributed by atoms with Crippen molar-refractivity contribution in [3.05, 3.63) is 0 Å². The molecule has 1 aliphatic heterocycles. The van der Waals surface area contributed by atoms with Crippen LogP contribution in [0.2, 0.25) is 0 Å². The number of piperidine rings is 1. The van der Waals surface area contributed by atoms with E-state index in [9.17, 15) is 0 Å². The van der Waals surface area contributed by atoms with Crippen molar-refractivity contribution < 1.29 is 0 Å². The van der Waals surface area contributed by atoms with Crippen LogP contribution in [0.4, 0.5) is 0 Å². The monoisotopic (exact) mass is 701 g/mol. The smallest absolute Gasteiger partial charge is 0.0602 e. The lowest BCUT2D eigenvalue weighted by molar-refractivity contribution is -0.116. The highest BCUT2D eigenvalue weighted by Crippen LogP contribution is 2.62. The van der Waals surface area contributed by atoms with E-state index in [4.69, 9.17) is 0 Å². The minimum Gasteiger partial charge on any atom is -0.301 e. The maximum atomic E-state index is 4.41. The second-order valence-corrected chi connectivity index (χ2v) is 21.4. The van der Waals surface area contributed by atoms with Gasteiger partial charge in [-0.05, 0) is 193 Å². The number of nitrogens with zero attached hydrogens (tertiary/aromatic N) is 1. The van der Waals surface area contributed by atoms with Crippen LogP contribution in [0, 0.1) is 71.0 Å². The van der Waals surface area contributed by atoms with Gasteiger partial charge in [-0.15, -0.1) is 0 Å². The molecule has 9 aliphatic rings. The number of hydrogen-bond acceptors (Lipinski definition) is 2. The second kappa shape index (κ2) is 17.4. The van der Waals surface area contributed by atoms with Gasteiger partial charge >= 0.3 is 0 Å². The summed E-state index contributed by atoms with van der Waals surface area (Å²) in [5.41, 5.74) is 0. The van der Waals surface area contributed by atoms with Crippen molar-refractivity contribution >= 4 is 0 Å². The molecule has 8 saturated carbocycles. The SMILES string of the molecule is C1CCC(C2CCC(C3CCC(C4C5CCCCC5C(C5CCC(N(C6CCCCC6)C6CCCCC6)NC5)C5CCCCC54)CC3)CC2)CC1. The van der Waals surface area contributed by atoms with E-state index in [1.54, 1.807) is 122 Å². The van der Waals surface area contributed by atoms with E-state index in [-0.39, 0.29) is 0 Å². The minimum atomic E-state index is 0.686. The maximum absolute atomic E-state index is 4.41. The maximum Gasteiger partial charge on any atom is 0.0602 e. The zero-order valence-electron chi connectivity index (χ0n) is 33.6. The van der Waals surface area contributed by atoms with E-state index < -0.39 is 0 Å². The molecular weight excluding hydrogens is 617 g/mol. The fraction of sp³-hybridized carbons (Fsp3) is 1.00. The Bertz CT molecular complexity index is 986. The average molecular weight is 701 g/mol. The molecule has 9 rings (SSSR count). The van der Waals surface area contributed by atoms with E-state index in [0.29, 0.717) is 6.17 Å². The second-order valence-electron chi connectivity index (χ2n) is 21.4. The lowest BCUT2D eigenvalue weighted by Gasteiger charge is -2.61. The largest absolute Gasteiger partial charge is 0.301 e. The van der Waals surface area contributed by atoms with Gasteiger partial charge in [0.15, 0.2) is 0 Å². The van der Waals surface area contributed by atoms with Crippen LogP contribution in [0.25, 0.3) is 0 Å². The van der Waals surface area contributed by atoms with Crippen LogP contribution in [0.1, 0.15) is 212 Å². The van der Waals surface area contributed by atoms with Gasteiger partial charge in [-0.25, -0.2) is 0 Å². The van der Waals surface area contributed by atoms with Gasteiger partial charge < -0.3 is 5.32 Å². The summed E-state index contributed by atoms with van der Waals surface area (Å²) in [6.07, 6.45) is 51.9. The first-order valence-corrected chi connectivity index (χ1v) is 24.8. The molecule has 0 aromatic rings. The molecule has 0 aromatic carbocycles. The molecule has 0 amide bonds. The third-order valence-electron chi connectivity index (χ3n) is 19.2. The molecule has 8 aliphatic carbocycles. The highest BCUT2D eigenvalue weighted by molar-refractivity contribution is 5.05. The Hall–Kier alpha value is -0.0800. The number of fused-ring (bicyclic) bond motifs is 2. The zero-order chi connectivity index (χ0) is 34.0. The van der Waals surface area contributed by atoms with Crippen molar-refractivity contribution in [1.82, 2.24) is 10.2 Å². The van der Waals surface area contributed by atoms with Gasteiger partial charge in [0.1, 0.15) is 0 Å². The predicted octanol–water partition coefficient (Wildman–Crippen LogP) is 13.3. The molecule has 1 saturated heterocycles. The third kappa shape index (κ3) is 7.97. The Labute approximate surface area is 317 Å². The van der Waals surface area contributed by atoms with Crippen molar-refractivity contribution in [2.24, 2.45) is 71.0 Å². The van der Waals surface area contributed by atoms with Crippen LogP contribution in [-0.2, 0) is 0 Å². The number of nitrogens with one attached hydrogen (secondary N) is 1. The molecule has 0 radical (unpaired) electrons. The summed E-state index contributed by atoms with van der Waals surface area (Å²) >= 11 is 0. The van der Waals surface area contributed by atoms with Crippen molar-refractivity contribution in [1.29, 1.82) is 0 Å². The summed E-state index contributed by atoms with van der Waals surface area (Å²) in [5, 5.41) is 4.41. The highest BCUT2D eigenvalue weighted by atomic mass is 15.3. The van der Waals surface area contributed by atoms with Crippen molar-refractivity contribution in [3.8, 4) is 0 Å². The van der Waals surface area contributed by atoms with E-state index in [1.807, 2.05) is 0 Å². The number of rotatable bonds is 7. The first-order valence-electron chi connectivity index (χ1n) is 24.8. The van der Waals surface area contributed by atoms with Crippen LogP contribution in [0.5, 0.6) is 0 Å². The predicted molar refractivity (Wildman–Crippen MR) is 215 cm³/mol. The molecule has 6 unspecified atom stereocenters. The molecule has 0 bridgehead atoms. The van der Waals surface area contributed by atoms with Crippen LogP contribution in [-0.4, -0.2) is 29.7 Å². The summed E-state index contributed by atoms with van der Waals surface area (Å²) in [4.78, 5) is 3.15. The summed E-state index contributed by atoms with van der Waals surface area (Å²) in [6.45, 7) is 1.36. The van der Waals surface area contributed by atoms with Gasteiger partial charge in [-0.1, -0.05) is 96.3 Å². The van der Waals surface area contributed by atoms with Gasteiger partial charge in [0, 0.05) is 12.1 Å². The Morgan fingerprint density at radius 3 is 1.02 bits per heavy atom. The molecule has 0 spiro atoms. The minimum absolute atomic E-state index is 0.686. The highest BCUT2D eigenvalue weighted by Gasteiger charge is 2.55. The van der Waals surface area contributed by atoms with E-state index in [2.05, 4.69) is 10.2 Å². The molecule has 2 heteroatoms. The van der Waals surface area contributed by atoms with E-state index in [1.165, 1.54) is 96.4 Å². The van der Waals surface area contributed by atoms with Gasteiger partial charge in [0.2, 0.25) is 0 Å². The Kier molecular flexibility index (Phi) is 12.5. The topological polar surface area (TPSA) is 15.3 Å². The molecule has 290 valence electrons.